The summed E-state index contributed by atoms with van der Waals surface area (Å²) >= 11 is 11.7. The summed E-state index contributed by atoms with van der Waals surface area (Å²) < 4.78 is 5.27. The third-order valence-electron chi connectivity index (χ3n) is 2.83. The molecular weight excluding hydrogens is 353 g/mol. The summed E-state index contributed by atoms with van der Waals surface area (Å²) in [6.45, 7) is 2.17. The number of rotatable bonds is 5. The van der Waals surface area contributed by atoms with Crippen molar-refractivity contribution in [1.29, 1.82) is 0 Å². The van der Waals surface area contributed by atoms with Crippen LogP contribution in [0.4, 0.5) is 10.5 Å². The maximum Gasteiger partial charge on any atom is 0.339 e. The molecule has 126 valence electrons. The van der Waals surface area contributed by atoms with Gasteiger partial charge in [-0.15, -0.1) is 0 Å². The van der Waals surface area contributed by atoms with E-state index in [0.29, 0.717) is 22.9 Å². The van der Waals surface area contributed by atoms with Crippen molar-refractivity contribution in [3.8, 4) is 11.5 Å². The van der Waals surface area contributed by atoms with E-state index in [0.717, 1.165) is 0 Å². The van der Waals surface area contributed by atoms with Crippen LogP contribution < -0.4 is 15.5 Å². The average molecular weight is 368 g/mol. The number of anilines is 1. The van der Waals surface area contributed by atoms with Crippen LogP contribution in [-0.2, 0) is 0 Å². The predicted molar refractivity (Wildman–Crippen MR) is 95.5 cm³/mol. The van der Waals surface area contributed by atoms with Crippen molar-refractivity contribution >= 4 is 41.1 Å². The molecule has 0 saturated carbocycles. The highest BCUT2D eigenvalue weighted by Gasteiger charge is 2.08. The van der Waals surface area contributed by atoms with E-state index in [9.17, 15) is 9.90 Å². The topological polar surface area (TPSA) is 83.0 Å². The number of halogens is 2. The molecule has 6 nitrogen and oxygen atoms in total. The molecule has 0 aliphatic rings. The largest absolute Gasteiger partial charge is 0.503 e. The van der Waals surface area contributed by atoms with Gasteiger partial charge in [0, 0.05) is 10.7 Å². The van der Waals surface area contributed by atoms with Crippen molar-refractivity contribution in [2.45, 2.75) is 6.92 Å². The van der Waals surface area contributed by atoms with Gasteiger partial charge in [-0.1, -0.05) is 23.2 Å². The Morgan fingerprint density at radius 2 is 2.00 bits per heavy atom. The standard InChI is InChI=1S/C16H15Cl2N3O3/c1-2-24-14-8-10(7-13(18)15(14)22)9-19-21-16(23)20-12-5-3-11(17)4-6-12/h3-9,22H,2H2,1H3,(H2,20,21,23)/b19-9-. The van der Waals surface area contributed by atoms with E-state index in [-0.39, 0.29) is 16.5 Å². The number of ether oxygens (including phenoxy) is 1. The van der Waals surface area contributed by atoms with E-state index in [2.05, 4.69) is 15.8 Å². The zero-order valence-electron chi connectivity index (χ0n) is 12.7. The molecular formula is C16H15Cl2N3O3. The number of carbonyl (C=O) groups excluding carboxylic acids is 1. The van der Waals surface area contributed by atoms with E-state index < -0.39 is 6.03 Å². The number of carbonyl (C=O) groups is 1. The van der Waals surface area contributed by atoms with E-state index in [4.69, 9.17) is 27.9 Å². The zero-order valence-corrected chi connectivity index (χ0v) is 14.2. The number of hydrogen-bond donors (Lipinski definition) is 3. The van der Waals surface area contributed by atoms with Gasteiger partial charge in [-0.2, -0.15) is 5.10 Å². The van der Waals surface area contributed by atoms with Crippen molar-refractivity contribution in [3.63, 3.8) is 0 Å². The highest BCUT2D eigenvalue weighted by atomic mass is 35.5. The Balaban J connectivity index is 1.98. The highest BCUT2D eigenvalue weighted by molar-refractivity contribution is 6.32. The van der Waals surface area contributed by atoms with Gasteiger partial charge in [-0.05, 0) is 48.9 Å². The van der Waals surface area contributed by atoms with Gasteiger partial charge >= 0.3 is 6.03 Å². The second-order valence-electron chi connectivity index (χ2n) is 4.61. The van der Waals surface area contributed by atoms with Gasteiger partial charge in [0.05, 0.1) is 17.8 Å². The SMILES string of the molecule is CCOc1cc(/C=N\NC(=O)Nc2ccc(Cl)cc2)cc(Cl)c1O. The van der Waals surface area contributed by atoms with Crippen LogP contribution in [0.25, 0.3) is 0 Å². The first-order chi connectivity index (χ1) is 11.5. The Morgan fingerprint density at radius 1 is 1.29 bits per heavy atom. The summed E-state index contributed by atoms with van der Waals surface area (Å²) in [7, 11) is 0. The normalized spacial score (nSPS) is 10.6. The number of hydrogen-bond acceptors (Lipinski definition) is 4. The van der Waals surface area contributed by atoms with Gasteiger partial charge < -0.3 is 15.2 Å². The molecule has 0 saturated heterocycles. The van der Waals surface area contributed by atoms with Gasteiger partial charge in [0.2, 0.25) is 0 Å². The first kappa shape index (κ1) is 17.9. The second kappa shape index (κ2) is 8.42. The molecule has 0 aromatic heterocycles. The predicted octanol–water partition coefficient (Wildman–Crippen LogP) is 4.25. The lowest BCUT2D eigenvalue weighted by atomic mass is 10.2. The minimum Gasteiger partial charge on any atom is -0.503 e. The molecule has 8 heteroatoms. The Bertz CT molecular complexity index is 749. The average Bonchev–Trinajstić information content (AvgIpc) is 2.54. The number of phenolic OH excluding ortho intramolecular Hbond substituents is 1. The summed E-state index contributed by atoms with van der Waals surface area (Å²) in [5.41, 5.74) is 3.46. The van der Waals surface area contributed by atoms with Crippen LogP contribution in [0.5, 0.6) is 11.5 Å². The molecule has 0 heterocycles. The van der Waals surface area contributed by atoms with Crippen molar-refractivity contribution < 1.29 is 14.6 Å². The molecule has 0 fully saturated rings. The molecule has 2 rings (SSSR count). The molecule has 2 aromatic rings. The van der Waals surface area contributed by atoms with E-state index in [1.807, 2.05) is 0 Å². The van der Waals surface area contributed by atoms with Gasteiger partial charge in [0.1, 0.15) is 0 Å². The number of nitrogens with zero attached hydrogens (tertiary/aromatic N) is 1. The van der Waals surface area contributed by atoms with Crippen LogP contribution in [0, 0.1) is 0 Å². The van der Waals surface area contributed by atoms with Crippen LogP contribution in [0.15, 0.2) is 41.5 Å². The molecule has 24 heavy (non-hydrogen) atoms. The fourth-order valence-corrected chi connectivity index (χ4v) is 2.14. The first-order valence-electron chi connectivity index (χ1n) is 7.00. The molecule has 0 spiro atoms. The number of hydrazone groups is 1. The third-order valence-corrected chi connectivity index (χ3v) is 3.37. The van der Waals surface area contributed by atoms with Crippen LogP contribution in [0.1, 0.15) is 12.5 Å². The third kappa shape index (κ3) is 5.04. The van der Waals surface area contributed by atoms with Crippen molar-refractivity contribution in [2.75, 3.05) is 11.9 Å². The Hall–Kier alpha value is -2.44. The summed E-state index contributed by atoms with van der Waals surface area (Å²) in [4.78, 5) is 11.7. The molecule has 0 radical (unpaired) electrons. The van der Waals surface area contributed by atoms with Crippen LogP contribution in [-0.4, -0.2) is 24.0 Å². The summed E-state index contributed by atoms with van der Waals surface area (Å²) in [5, 5.41) is 16.9. The fourth-order valence-electron chi connectivity index (χ4n) is 1.79. The summed E-state index contributed by atoms with van der Waals surface area (Å²) in [6.07, 6.45) is 1.38. The second-order valence-corrected chi connectivity index (χ2v) is 5.46. The minimum absolute atomic E-state index is 0.132. The number of phenols is 1. The Labute approximate surface area is 149 Å². The van der Waals surface area contributed by atoms with E-state index >= 15 is 0 Å². The molecule has 0 atom stereocenters. The molecule has 0 unspecified atom stereocenters. The molecule has 3 N–H and O–H groups in total. The maximum absolute atomic E-state index is 11.7. The van der Waals surface area contributed by atoms with E-state index in [1.165, 1.54) is 12.3 Å². The summed E-state index contributed by atoms with van der Waals surface area (Å²) in [5.74, 6) is 0.112. The number of amides is 2. The van der Waals surface area contributed by atoms with Crippen molar-refractivity contribution in [3.05, 3.63) is 52.0 Å². The Kier molecular flexibility index (Phi) is 6.28. The van der Waals surface area contributed by atoms with Crippen LogP contribution in [0.3, 0.4) is 0 Å². The molecule has 0 aliphatic heterocycles. The number of urea groups is 1. The number of nitrogens with one attached hydrogen (secondary N) is 2. The zero-order chi connectivity index (χ0) is 17.5. The maximum atomic E-state index is 11.7. The van der Waals surface area contributed by atoms with Crippen molar-refractivity contribution in [2.24, 2.45) is 5.10 Å². The summed E-state index contributed by atoms with van der Waals surface area (Å²) in [6, 6.07) is 9.21. The van der Waals surface area contributed by atoms with Crippen molar-refractivity contribution in [1.82, 2.24) is 5.43 Å². The monoisotopic (exact) mass is 367 g/mol. The Morgan fingerprint density at radius 3 is 2.67 bits per heavy atom. The lowest BCUT2D eigenvalue weighted by molar-refractivity contribution is 0.252. The highest BCUT2D eigenvalue weighted by Crippen LogP contribution is 2.34. The number of benzene rings is 2. The van der Waals surface area contributed by atoms with Crippen LogP contribution in [0.2, 0.25) is 10.0 Å². The fraction of sp³-hybridized carbons (Fsp3) is 0.125. The van der Waals surface area contributed by atoms with Gasteiger partial charge in [-0.25, -0.2) is 10.2 Å². The van der Waals surface area contributed by atoms with Gasteiger partial charge in [-0.3, -0.25) is 0 Å². The lowest BCUT2D eigenvalue weighted by Gasteiger charge is -2.08. The van der Waals surface area contributed by atoms with Crippen LogP contribution >= 0.6 is 23.2 Å². The molecule has 0 bridgehead atoms. The molecule has 0 aliphatic carbocycles. The van der Waals surface area contributed by atoms with Gasteiger partial charge in [0.25, 0.3) is 0 Å². The lowest BCUT2D eigenvalue weighted by Crippen LogP contribution is -2.24. The van der Waals surface area contributed by atoms with E-state index in [1.54, 1.807) is 37.3 Å². The minimum atomic E-state index is -0.511. The molecule has 2 aromatic carbocycles. The first-order valence-corrected chi connectivity index (χ1v) is 7.76. The number of aromatic hydroxyl groups is 1. The molecule has 2 amide bonds. The smallest absolute Gasteiger partial charge is 0.339 e. The quantitative estimate of drug-likeness (QED) is 0.545. The van der Waals surface area contributed by atoms with Gasteiger partial charge in [0.15, 0.2) is 11.5 Å².